The summed E-state index contributed by atoms with van der Waals surface area (Å²) in [5.74, 6) is 0. The van der Waals surface area contributed by atoms with Crippen molar-refractivity contribution in [1.29, 1.82) is 0 Å². The maximum Gasteiger partial charge on any atom is 0.582 e. The Bertz CT molecular complexity index is 206. The summed E-state index contributed by atoms with van der Waals surface area (Å²) in [5, 5.41) is 0.438. The summed E-state index contributed by atoms with van der Waals surface area (Å²) in [5.41, 5.74) is 2.68. The van der Waals surface area contributed by atoms with Gasteiger partial charge in [-0.15, -0.1) is 0 Å². The fraction of sp³-hybridized carbons (Fsp3) is 0.700. The molecular weight excluding hydrogens is 212 g/mol. The van der Waals surface area contributed by atoms with Crippen molar-refractivity contribution in [3.05, 3.63) is 17.7 Å². The lowest BCUT2D eigenvalue weighted by atomic mass is 10.9. The van der Waals surface area contributed by atoms with Gasteiger partial charge in [-0.3, -0.25) is 0 Å². The SMILES string of the molecule is C=C=C(OC)[Si](OCC)(OCC)OCC. The highest BCUT2D eigenvalue weighted by atomic mass is 28.4. The second-order valence-corrected chi connectivity index (χ2v) is 5.00. The molecule has 0 atom stereocenters. The predicted molar refractivity (Wildman–Crippen MR) is 60.3 cm³/mol. The zero-order chi connectivity index (χ0) is 11.7. The lowest BCUT2D eigenvalue weighted by molar-refractivity contribution is 0.0628. The minimum absolute atomic E-state index is 0.438. The highest BCUT2D eigenvalue weighted by Gasteiger charge is 2.47. The normalized spacial score (nSPS) is 10.9. The minimum atomic E-state index is -2.90. The summed E-state index contributed by atoms with van der Waals surface area (Å²) in [4.78, 5) is 0. The highest BCUT2D eigenvalue weighted by molar-refractivity contribution is 6.68. The Morgan fingerprint density at radius 1 is 1.07 bits per heavy atom. The first kappa shape index (κ1) is 14.4. The standard InChI is InChI=1S/C10H20O4Si/c1-6-10(11-5)15(12-7-2,13-8-3)14-9-4/h1,7-9H2,2-5H3. The first-order chi connectivity index (χ1) is 7.20. The first-order valence-electron chi connectivity index (χ1n) is 5.07. The van der Waals surface area contributed by atoms with E-state index in [2.05, 4.69) is 12.3 Å². The largest absolute Gasteiger partial charge is 0.582 e. The van der Waals surface area contributed by atoms with E-state index in [1.54, 1.807) is 0 Å². The first-order valence-corrected chi connectivity index (χ1v) is 6.79. The van der Waals surface area contributed by atoms with Gasteiger partial charge in [0.2, 0.25) is 5.38 Å². The van der Waals surface area contributed by atoms with Crippen LogP contribution in [0.25, 0.3) is 0 Å². The summed E-state index contributed by atoms with van der Waals surface area (Å²) in [6.45, 7) is 10.7. The molecule has 0 aromatic carbocycles. The molecule has 0 saturated heterocycles. The molecule has 0 fully saturated rings. The highest BCUT2D eigenvalue weighted by Crippen LogP contribution is 2.19. The van der Waals surface area contributed by atoms with Crippen LogP contribution in [0.15, 0.2) is 17.7 Å². The Balaban J connectivity index is 4.98. The van der Waals surface area contributed by atoms with E-state index in [-0.39, 0.29) is 0 Å². The lowest BCUT2D eigenvalue weighted by Gasteiger charge is -2.27. The molecule has 0 bridgehead atoms. The van der Waals surface area contributed by atoms with Crippen LogP contribution in [0.4, 0.5) is 0 Å². The topological polar surface area (TPSA) is 36.9 Å². The van der Waals surface area contributed by atoms with Crippen LogP contribution in [0.5, 0.6) is 0 Å². The van der Waals surface area contributed by atoms with Crippen molar-refractivity contribution in [2.75, 3.05) is 26.9 Å². The second kappa shape index (κ2) is 7.68. The van der Waals surface area contributed by atoms with Gasteiger partial charge >= 0.3 is 8.80 Å². The van der Waals surface area contributed by atoms with E-state index in [0.29, 0.717) is 25.2 Å². The zero-order valence-electron chi connectivity index (χ0n) is 9.96. The molecule has 0 heterocycles. The van der Waals surface area contributed by atoms with E-state index in [1.165, 1.54) is 7.11 Å². The molecule has 5 heteroatoms. The monoisotopic (exact) mass is 232 g/mol. The summed E-state index contributed by atoms with van der Waals surface area (Å²) in [6.07, 6.45) is 0. The molecule has 0 rings (SSSR count). The van der Waals surface area contributed by atoms with Gasteiger partial charge in [0, 0.05) is 19.8 Å². The Hall–Kier alpha value is -0.583. The number of hydrogen-bond donors (Lipinski definition) is 0. The van der Waals surface area contributed by atoms with Crippen molar-refractivity contribution in [3.63, 3.8) is 0 Å². The third-order valence-corrected chi connectivity index (χ3v) is 4.59. The lowest BCUT2D eigenvalue weighted by Crippen LogP contribution is -2.48. The molecule has 0 radical (unpaired) electrons. The molecule has 4 nitrogen and oxygen atoms in total. The van der Waals surface area contributed by atoms with Crippen LogP contribution in [0.3, 0.4) is 0 Å². The van der Waals surface area contributed by atoms with Crippen molar-refractivity contribution in [1.82, 2.24) is 0 Å². The molecular formula is C10H20O4Si. The van der Waals surface area contributed by atoms with Crippen LogP contribution >= 0.6 is 0 Å². The van der Waals surface area contributed by atoms with Crippen molar-refractivity contribution in [3.8, 4) is 0 Å². The number of methoxy groups -OCH3 is 1. The quantitative estimate of drug-likeness (QED) is 0.364. The van der Waals surface area contributed by atoms with Gasteiger partial charge in [0.15, 0.2) is 0 Å². The molecule has 0 saturated carbocycles. The third kappa shape index (κ3) is 3.81. The van der Waals surface area contributed by atoms with Gasteiger partial charge in [0.25, 0.3) is 0 Å². The van der Waals surface area contributed by atoms with Gasteiger partial charge in [-0.1, -0.05) is 12.3 Å². The molecule has 15 heavy (non-hydrogen) atoms. The summed E-state index contributed by atoms with van der Waals surface area (Å²) in [6, 6.07) is 0. The Morgan fingerprint density at radius 2 is 1.47 bits per heavy atom. The van der Waals surface area contributed by atoms with Gasteiger partial charge in [-0.2, -0.15) is 0 Å². The van der Waals surface area contributed by atoms with Crippen molar-refractivity contribution in [2.24, 2.45) is 0 Å². The van der Waals surface area contributed by atoms with Gasteiger partial charge in [0.05, 0.1) is 7.11 Å². The minimum Gasteiger partial charge on any atom is -0.490 e. The number of rotatable bonds is 8. The molecule has 0 N–H and O–H groups in total. The molecule has 0 spiro atoms. The maximum absolute atomic E-state index is 5.58. The molecule has 0 aromatic heterocycles. The van der Waals surface area contributed by atoms with Crippen LogP contribution < -0.4 is 0 Å². The third-order valence-electron chi connectivity index (χ3n) is 1.65. The van der Waals surface area contributed by atoms with E-state index in [4.69, 9.17) is 18.0 Å². The second-order valence-electron chi connectivity index (χ2n) is 2.57. The molecule has 0 aliphatic carbocycles. The van der Waals surface area contributed by atoms with E-state index < -0.39 is 8.80 Å². The van der Waals surface area contributed by atoms with Crippen LogP contribution in [0, 0.1) is 0 Å². The van der Waals surface area contributed by atoms with Crippen molar-refractivity contribution < 1.29 is 18.0 Å². The van der Waals surface area contributed by atoms with E-state index in [0.717, 1.165) is 0 Å². The average molecular weight is 232 g/mol. The van der Waals surface area contributed by atoms with Gasteiger partial charge in [0.1, 0.15) is 0 Å². The predicted octanol–water partition coefficient (Wildman–Crippen LogP) is 1.89. The fourth-order valence-electron chi connectivity index (χ4n) is 1.20. The van der Waals surface area contributed by atoms with Gasteiger partial charge < -0.3 is 18.0 Å². The molecule has 0 amide bonds. The summed E-state index contributed by atoms with van der Waals surface area (Å²) < 4.78 is 21.9. The molecule has 0 aromatic rings. The average Bonchev–Trinajstić information content (AvgIpc) is 2.20. The van der Waals surface area contributed by atoms with E-state index in [1.807, 2.05) is 20.8 Å². The van der Waals surface area contributed by atoms with Crippen LogP contribution in [0.1, 0.15) is 20.8 Å². The number of ether oxygens (including phenoxy) is 1. The Kier molecular flexibility index (Phi) is 7.38. The molecule has 0 aliphatic heterocycles. The fourth-order valence-corrected chi connectivity index (χ4v) is 3.45. The van der Waals surface area contributed by atoms with Gasteiger partial charge in [-0.05, 0) is 20.8 Å². The maximum atomic E-state index is 5.58. The summed E-state index contributed by atoms with van der Waals surface area (Å²) >= 11 is 0. The molecule has 88 valence electrons. The summed E-state index contributed by atoms with van der Waals surface area (Å²) in [7, 11) is -1.37. The molecule has 0 unspecified atom stereocenters. The van der Waals surface area contributed by atoms with Crippen molar-refractivity contribution in [2.45, 2.75) is 20.8 Å². The van der Waals surface area contributed by atoms with Gasteiger partial charge in [-0.25, -0.2) is 0 Å². The zero-order valence-corrected chi connectivity index (χ0v) is 11.0. The number of hydrogen-bond acceptors (Lipinski definition) is 4. The molecule has 0 aliphatic rings. The van der Waals surface area contributed by atoms with E-state index >= 15 is 0 Å². The van der Waals surface area contributed by atoms with Crippen LogP contribution in [-0.2, 0) is 18.0 Å². The smallest absolute Gasteiger partial charge is 0.490 e. The van der Waals surface area contributed by atoms with Crippen LogP contribution in [0.2, 0.25) is 0 Å². The van der Waals surface area contributed by atoms with Crippen molar-refractivity contribution >= 4 is 8.80 Å². The van der Waals surface area contributed by atoms with E-state index in [9.17, 15) is 0 Å². The Morgan fingerprint density at radius 3 is 1.67 bits per heavy atom. The Labute approximate surface area is 92.8 Å². The van der Waals surface area contributed by atoms with Crippen LogP contribution in [-0.4, -0.2) is 35.7 Å².